The van der Waals surface area contributed by atoms with Crippen LogP contribution in [0.15, 0.2) is 18.3 Å². The van der Waals surface area contributed by atoms with Crippen LogP contribution in [-0.2, 0) is 4.74 Å². The van der Waals surface area contributed by atoms with Crippen LogP contribution in [0.1, 0.15) is 36.0 Å². The molecule has 0 bridgehead atoms. The third-order valence-corrected chi connectivity index (χ3v) is 2.59. The highest BCUT2D eigenvalue weighted by atomic mass is 16.5. The lowest BCUT2D eigenvalue weighted by atomic mass is 10.2. The number of anilines is 1. The largest absolute Gasteiger partial charge is 0.459 e. The van der Waals surface area contributed by atoms with Gasteiger partial charge in [-0.2, -0.15) is 0 Å². The summed E-state index contributed by atoms with van der Waals surface area (Å²) in [6.07, 6.45) is 5.86. The van der Waals surface area contributed by atoms with Gasteiger partial charge in [0.05, 0.1) is 5.56 Å². The fraction of sp³-hybridized carbons (Fsp3) is 0.455. The van der Waals surface area contributed by atoms with Crippen LogP contribution in [-0.4, -0.2) is 17.1 Å². The molecule has 1 aliphatic rings. The second kappa shape index (κ2) is 4.29. The van der Waals surface area contributed by atoms with Crippen LogP contribution in [0.3, 0.4) is 0 Å². The molecular formula is C11H14N2O2. The topological polar surface area (TPSA) is 65.2 Å². The van der Waals surface area contributed by atoms with Gasteiger partial charge in [-0.15, -0.1) is 0 Å². The van der Waals surface area contributed by atoms with E-state index in [0.717, 1.165) is 25.7 Å². The minimum absolute atomic E-state index is 0.0897. The Bertz CT molecular complexity index is 359. The highest BCUT2D eigenvalue weighted by Crippen LogP contribution is 2.22. The summed E-state index contributed by atoms with van der Waals surface area (Å²) in [4.78, 5) is 15.5. The van der Waals surface area contributed by atoms with Crippen LogP contribution in [0, 0.1) is 0 Å². The summed E-state index contributed by atoms with van der Waals surface area (Å²) in [7, 11) is 0. The number of carbonyl (C=O) groups is 1. The molecule has 0 saturated heterocycles. The van der Waals surface area contributed by atoms with E-state index in [2.05, 4.69) is 4.98 Å². The Balaban J connectivity index is 2.01. The molecule has 2 N–H and O–H groups in total. The van der Waals surface area contributed by atoms with Crippen molar-refractivity contribution in [1.29, 1.82) is 0 Å². The van der Waals surface area contributed by atoms with Crippen molar-refractivity contribution in [3.63, 3.8) is 0 Å². The molecule has 1 fully saturated rings. The van der Waals surface area contributed by atoms with E-state index in [0.29, 0.717) is 11.4 Å². The highest BCUT2D eigenvalue weighted by molar-refractivity contribution is 5.90. The fourth-order valence-corrected chi connectivity index (χ4v) is 1.80. The van der Waals surface area contributed by atoms with Gasteiger partial charge in [-0.25, -0.2) is 9.78 Å². The summed E-state index contributed by atoms with van der Waals surface area (Å²) in [6.45, 7) is 0. The Hall–Kier alpha value is -1.58. The molecule has 80 valence electrons. The normalized spacial score (nSPS) is 16.5. The monoisotopic (exact) mass is 206 g/mol. The van der Waals surface area contributed by atoms with Gasteiger partial charge < -0.3 is 10.5 Å². The smallest absolute Gasteiger partial charge is 0.338 e. The van der Waals surface area contributed by atoms with Crippen LogP contribution >= 0.6 is 0 Å². The zero-order valence-electron chi connectivity index (χ0n) is 8.48. The maximum Gasteiger partial charge on any atom is 0.338 e. The van der Waals surface area contributed by atoms with E-state index < -0.39 is 0 Å². The van der Waals surface area contributed by atoms with Gasteiger partial charge in [-0.1, -0.05) is 0 Å². The summed E-state index contributed by atoms with van der Waals surface area (Å²) in [5.74, 6) is 0.0480. The Morgan fingerprint density at radius 1 is 1.47 bits per heavy atom. The average Bonchev–Trinajstić information content (AvgIpc) is 2.70. The standard InChI is InChI=1S/C11H14N2O2/c12-10-7-8(5-6-13-10)11(14)15-9-3-1-2-4-9/h5-7,9H,1-4H2,(H2,12,13). The van der Waals surface area contributed by atoms with Crippen molar-refractivity contribution in [2.45, 2.75) is 31.8 Å². The summed E-state index contributed by atoms with van der Waals surface area (Å²) < 4.78 is 5.33. The van der Waals surface area contributed by atoms with Crippen LogP contribution in [0.2, 0.25) is 0 Å². The van der Waals surface area contributed by atoms with E-state index in [9.17, 15) is 4.79 Å². The Morgan fingerprint density at radius 3 is 2.87 bits per heavy atom. The van der Waals surface area contributed by atoms with E-state index >= 15 is 0 Å². The Kier molecular flexibility index (Phi) is 2.85. The molecule has 1 aromatic heterocycles. The molecule has 4 heteroatoms. The van der Waals surface area contributed by atoms with Gasteiger partial charge in [0, 0.05) is 6.20 Å². The van der Waals surface area contributed by atoms with Crippen molar-refractivity contribution >= 4 is 11.8 Å². The van der Waals surface area contributed by atoms with Gasteiger partial charge in [-0.3, -0.25) is 0 Å². The average molecular weight is 206 g/mol. The summed E-state index contributed by atoms with van der Waals surface area (Å²) in [5.41, 5.74) is 5.97. The highest BCUT2D eigenvalue weighted by Gasteiger charge is 2.20. The Morgan fingerprint density at radius 2 is 2.20 bits per heavy atom. The molecule has 1 saturated carbocycles. The van der Waals surface area contributed by atoms with Crippen molar-refractivity contribution in [2.24, 2.45) is 0 Å². The number of carbonyl (C=O) groups excluding carboxylic acids is 1. The predicted molar refractivity (Wildman–Crippen MR) is 56.3 cm³/mol. The van der Waals surface area contributed by atoms with Crippen molar-refractivity contribution in [3.8, 4) is 0 Å². The number of hydrogen-bond donors (Lipinski definition) is 1. The SMILES string of the molecule is Nc1cc(C(=O)OC2CCCC2)ccn1. The molecule has 1 heterocycles. The first-order valence-corrected chi connectivity index (χ1v) is 5.18. The Labute approximate surface area is 88.4 Å². The quantitative estimate of drug-likeness (QED) is 0.749. The van der Waals surface area contributed by atoms with E-state index in [-0.39, 0.29) is 12.1 Å². The van der Waals surface area contributed by atoms with Gasteiger partial charge in [0.1, 0.15) is 11.9 Å². The summed E-state index contributed by atoms with van der Waals surface area (Å²) in [5, 5.41) is 0. The molecule has 15 heavy (non-hydrogen) atoms. The molecule has 0 aliphatic heterocycles. The van der Waals surface area contributed by atoms with E-state index in [1.54, 1.807) is 6.07 Å². The number of nitrogen functional groups attached to an aromatic ring is 1. The number of nitrogens with zero attached hydrogens (tertiary/aromatic N) is 1. The zero-order chi connectivity index (χ0) is 10.7. The lowest BCUT2D eigenvalue weighted by Gasteiger charge is -2.10. The van der Waals surface area contributed by atoms with E-state index in [1.165, 1.54) is 12.3 Å². The number of pyridine rings is 1. The lowest BCUT2D eigenvalue weighted by Crippen LogP contribution is -2.15. The van der Waals surface area contributed by atoms with E-state index in [4.69, 9.17) is 10.5 Å². The van der Waals surface area contributed by atoms with Crippen molar-refractivity contribution < 1.29 is 9.53 Å². The first-order valence-electron chi connectivity index (χ1n) is 5.18. The van der Waals surface area contributed by atoms with Gasteiger partial charge in [0.2, 0.25) is 0 Å². The number of ether oxygens (including phenoxy) is 1. The van der Waals surface area contributed by atoms with Crippen molar-refractivity contribution in [2.75, 3.05) is 5.73 Å². The number of hydrogen-bond acceptors (Lipinski definition) is 4. The van der Waals surface area contributed by atoms with Crippen LogP contribution < -0.4 is 5.73 Å². The molecule has 4 nitrogen and oxygen atoms in total. The summed E-state index contributed by atoms with van der Waals surface area (Å²) in [6, 6.07) is 3.16. The number of aromatic nitrogens is 1. The maximum atomic E-state index is 11.6. The predicted octanol–water partition coefficient (Wildman–Crippen LogP) is 1.76. The molecule has 2 rings (SSSR count). The van der Waals surface area contributed by atoms with Crippen LogP contribution in [0.4, 0.5) is 5.82 Å². The summed E-state index contributed by atoms with van der Waals surface area (Å²) >= 11 is 0. The minimum Gasteiger partial charge on any atom is -0.459 e. The maximum absolute atomic E-state index is 11.6. The van der Waals surface area contributed by atoms with Crippen LogP contribution in [0.25, 0.3) is 0 Å². The third-order valence-electron chi connectivity index (χ3n) is 2.59. The first-order chi connectivity index (χ1) is 7.25. The molecule has 1 aromatic rings. The van der Waals surface area contributed by atoms with Crippen LogP contribution in [0.5, 0.6) is 0 Å². The molecule has 0 unspecified atom stereocenters. The molecular weight excluding hydrogens is 192 g/mol. The second-order valence-corrected chi connectivity index (χ2v) is 3.78. The van der Waals surface area contributed by atoms with Gasteiger partial charge in [-0.05, 0) is 37.8 Å². The lowest BCUT2D eigenvalue weighted by molar-refractivity contribution is 0.0318. The molecule has 0 atom stereocenters. The molecule has 1 aliphatic carbocycles. The number of esters is 1. The van der Waals surface area contributed by atoms with Gasteiger partial charge in [0.15, 0.2) is 0 Å². The third kappa shape index (κ3) is 2.46. The minimum atomic E-state index is -0.295. The van der Waals surface area contributed by atoms with Gasteiger partial charge in [0.25, 0.3) is 0 Å². The number of rotatable bonds is 2. The molecule has 0 spiro atoms. The second-order valence-electron chi connectivity index (χ2n) is 3.78. The fourth-order valence-electron chi connectivity index (χ4n) is 1.80. The van der Waals surface area contributed by atoms with Gasteiger partial charge >= 0.3 is 5.97 Å². The first kappa shape index (κ1) is 9.96. The molecule has 0 radical (unpaired) electrons. The molecule has 0 aromatic carbocycles. The van der Waals surface area contributed by atoms with E-state index in [1.807, 2.05) is 0 Å². The molecule has 0 amide bonds. The van der Waals surface area contributed by atoms with Crippen molar-refractivity contribution in [3.05, 3.63) is 23.9 Å². The van der Waals surface area contributed by atoms with Crippen molar-refractivity contribution in [1.82, 2.24) is 4.98 Å². The number of nitrogens with two attached hydrogens (primary N) is 1. The zero-order valence-corrected chi connectivity index (χ0v) is 8.48.